The highest BCUT2D eigenvalue weighted by Crippen LogP contribution is 2.12. The number of carboxylic acid groups (broad SMARTS) is 1. The van der Waals surface area contributed by atoms with E-state index in [0.717, 1.165) is 32.1 Å². The minimum atomic E-state index is -1.02. The highest BCUT2D eigenvalue weighted by molar-refractivity contribution is 5.93. The van der Waals surface area contributed by atoms with Gasteiger partial charge in [0.2, 0.25) is 5.91 Å². The van der Waals surface area contributed by atoms with Gasteiger partial charge in [0.1, 0.15) is 5.60 Å². The van der Waals surface area contributed by atoms with E-state index in [1.165, 1.54) is 12.1 Å². The SMILES string of the molecule is CC(C)(C)OC(=O)NCCCCCCCC(=O)Nc1cccc(C(=O)O)c1. The van der Waals surface area contributed by atoms with E-state index in [4.69, 9.17) is 9.84 Å². The summed E-state index contributed by atoms with van der Waals surface area (Å²) in [4.78, 5) is 34.3. The van der Waals surface area contributed by atoms with Crippen molar-refractivity contribution in [2.24, 2.45) is 0 Å². The number of alkyl carbamates (subject to hydrolysis) is 1. The van der Waals surface area contributed by atoms with Crippen molar-refractivity contribution in [2.45, 2.75) is 64.9 Å². The Bertz CT molecular complexity index is 638. The number of aromatic carboxylic acids is 1. The van der Waals surface area contributed by atoms with Crippen molar-refractivity contribution in [3.8, 4) is 0 Å². The summed E-state index contributed by atoms with van der Waals surface area (Å²) in [6.45, 7) is 6.05. The molecule has 3 N–H and O–H groups in total. The zero-order valence-corrected chi connectivity index (χ0v) is 16.3. The Morgan fingerprint density at radius 2 is 1.70 bits per heavy atom. The molecule has 150 valence electrons. The molecule has 7 nitrogen and oxygen atoms in total. The van der Waals surface area contributed by atoms with E-state index in [9.17, 15) is 14.4 Å². The molecule has 0 radical (unpaired) electrons. The second kappa shape index (κ2) is 11.2. The summed E-state index contributed by atoms with van der Waals surface area (Å²) in [5.41, 5.74) is 0.153. The Kier molecular flexibility index (Phi) is 9.33. The number of unbranched alkanes of at least 4 members (excludes halogenated alkanes) is 4. The number of carbonyl (C=O) groups excluding carboxylic acids is 2. The predicted octanol–water partition coefficient (Wildman–Crippen LogP) is 4.19. The van der Waals surface area contributed by atoms with E-state index in [-0.39, 0.29) is 11.5 Å². The van der Waals surface area contributed by atoms with Gasteiger partial charge >= 0.3 is 12.1 Å². The van der Waals surface area contributed by atoms with Crippen LogP contribution in [0.5, 0.6) is 0 Å². The topological polar surface area (TPSA) is 105 Å². The van der Waals surface area contributed by atoms with Gasteiger partial charge in [0, 0.05) is 18.7 Å². The molecule has 0 atom stereocenters. The molecule has 1 aromatic rings. The summed E-state index contributed by atoms with van der Waals surface area (Å²) in [5.74, 6) is -1.14. The molecule has 0 bridgehead atoms. The minimum absolute atomic E-state index is 0.121. The van der Waals surface area contributed by atoms with Crippen LogP contribution < -0.4 is 10.6 Å². The monoisotopic (exact) mass is 378 g/mol. The number of ether oxygens (including phenoxy) is 1. The van der Waals surface area contributed by atoms with Crippen LogP contribution in [0.15, 0.2) is 24.3 Å². The van der Waals surface area contributed by atoms with Crippen LogP contribution in [0.2, 0.25) is 0 Å². The van der Waals surface area contributed by atoms with Gasteiger partial charge in [-0.25, -0.2) is 9.59 Å². The van der Waals surface area contributed by atoms with Gasteiger partial charge in [-0.15, -0.1) is 0 Å². The molecule has 0 aliphatic heterocycles. The predicted molar refractivity (Wildman–Crippen MR) is 104 cm³/mol. The van der Waals surface area contributed by atoms with Crippen molar-refractivity contribution in [2.75, 3.05) is 11.9 Å². The molecule has 0 aliphatic rings. The number of nitrogens with one attached hydrogen (secondary N) is 2. The average molecular weight is 378 g/mol. The Morgan fingerprint density at radius 3 is 2.37 bits per heavy atom. The second-order valence-electron chi connectivity index (χ2n) is 7.38. The Labute approximate surface area is 160 Å². The summed E-state index contributed by atoms with van der Waals surface area (Å²) in [6.07, 6.45) is 4.52. The fraction of sp³-hybridized carbons (Fsp3) is 0.550. The summed E-state index contributed by atoms with van der Waals surface area (Å²) < 4.78 is 5.15. The van der Waals surface area contributed by atoms with Gasteiger partial charge in [-0.2, -0.15) is 0 Å². The first-order valence-electron chi connectivity index (χ1n) is 9.27. The van der Waals surface area contributed by atoms with Crippen LogP contribution in [0.3, 0.4) is 0 Å². The third kappa shape index (κ3) is 10.9. The lowest BCUT2D eigenvalue weighted by molar-refractivity contribution is -0.116. The van der Waals surface area contributed by atoms with Crippen LogP contribution in [-0.2, 0) is 9.53 Å². The van der Waals surface area contributed by atoms with E-state index in [2.05, 4.69) is 10.6 Å². The highest BCUT2D eigenvalue weighted by Gasteiger charge is 2.15. The molecular formula is C20H30N2O5. The fourth-order valence-electron chi connectivity index (χ4n) is 2.40. The first-order chi connectivity index (χ1) is 12.7. The molecule has 1 rings (SSSR count). The maximum atomic E-state index is 11.9. The number of carbonyl (C=O) groups is 3. The number of rotatable bonds is 10. The lowest BCUT2D eigenvalue weighted by Crippen LogP contribution is -2.32. The Hall–Kier alpha value is -2.57. The lowest BCUT2D eigenvalue weighted by Gasteiger charge is -2.19. The minimum Gasteiger partial charge on any atom is -0.478 e. The van der Waals surface area contributed by atoms with Crippen molar-refractivity contribution in [1.29, 1.82) is 0 Å². The number of amides is 2. The first kappa shape index (κ1) is 22.5. The number of hydrogen-bond donors (Lipinski definition) is 3. The van der Waals surface area contributed by atoms with Gasteiger partial charge in [0.25, 0.3) is 0 Å². The Balaban J connectivity index is 2.08. The van der Waals surface area contributed by atoms with E-state index in [1.54, 1.807) is 12.1 Å². The maximum absolute atomic E-state index is 11.9. The molecule has 0 spiro atoms. The molecule has 2 amide bonds. The maximum Gasteiger partial charge on any atom is 0.407 e. The summed E-state index contributed by atoms with van der Waals surface area (Å²) in [6, 6.07) is 6.19. The quantitative estimate of drug-likeness (QED) is 0.530. The van der Waals surface area contributed by atoms with E-state index in [1.807, 2.05) is 20.8 Å². The zero-order chi connectivity index (χ0) is 20.3. The van der Waals surface area contributed by atoms with E-state index < -0.39 is 17.7 Å². The van der Waals surface area contributed by atoms with E-state index >= 15 is 0 Å². The van der Waals surface area contributed by atoms with Crippen LogP contribution in [0, 0.1) is 0 Å². The van der Waals surface area contributed by atoms with Gasteiger partial charge < -0.3 is 20.5 Å². The number of anilines is 1. The number of hydrogen-bond acceptors (Lipinski definition) is 4. The van der Waals surface area contributed by atoms with Crippen molar-refractivity contribution in [3.63, 3.8) is 0 Å². The van der Waals surface area contributed by atoms with Crippen molar-refractivity contribution in [1.82, 2.24) is 5.32 Å². The molecule has 0 saturated carbocycles. The number of benzene rings is 1. The third-order valence-electron chi connectivity index (χ3n) is 3.64. The van der Waals surface area contributed by atoms with Crippen molar-refractivity contribution >= 4 is 23.7 Å². The molecule has 0 fully saturated rings. The molecule has 0 aliphatic carbocycles. The molecule has 0 heterocycles. The fourth-order valence-corrected chi connectivity index (χ4v) is 2.40. The summed E-state index contributed by atoms with van der Waals surface area (Å²) >= 11 is 0. The summed E-state index contributed by atoms with van der Waals surface area (Å²) in [7, 11) is 0. The molecule has 0 aromatic heterocycles. The van der Waals surface area contributed by atoms with Crippen LogP contribution in [0.25, 0.3) is 0 Å². The van der Waals surface area contributed by atoms with Crippen LogP contribution in [0.4, 0.5) is 10.5 Å². The van der Waals surface area contributed by atoms with E-state index in [0.29, 0.717) is 18.7 Å². The molecule has 1 aromatic carbocycles. The van der Waals surface area contributed by atoms with Gasteiger partial charge in [0.05, 0.1) is 5.56 Å². The van der Waals surface area contributed by atoms with Gasteiger partial charge in [-0.3, -0.25) is 4.79 Å². The van der Waals surface area contributed by atoms with Crippen LogP contribution >= 0.6 is 0 Å². The summed E-state index contributed by atoms with van der Waals surface area (Å²) in [5, 5.41) is 14.4. The smallest absolute Gasteiger partial charge is 0.407 e. The molecule has 27 heavy (non-hydrogen) atoms. The molecule has 0 saturated heterocycles. The largest absolute Gasteiger partial charge is 0.478 e. The zero-order valence-electron chi connectivity index (χ0n) is 16.3. The molecule has 0 unspecified atom stereocenters. The normalized spacial score (nSPS) is 10.9. The first-order valence-corrected chi connectivity index (χ1v) is 9.27. The van der Waals surface area contributed by atoms with Crippen molar-refractivity contribution < 1.29 is 24.2 Å². The van der Waals surface area contributed by atoms with Gasteiger partial charge in [-0.1, -0.05) is 25.3 Å². The number of carboxylic acids is 1. The Morgan fingerprint density at radius 1 is 1.04 bits per heavy atom. The standard InChI is InChI=1S/C20H30N2O5/c1-20(2,3)27-19(26)21-13-8-6-4-5-7-12-17(23)22-16-11-9-10-15(14-16)18(24)25/h9-11,14H,4-8,12-13H2,1-3H3,(H,21,26)(H,22,23)(H,24,25). The third-order valence-corrected chi connectivity index (χ3v) is 3.64. The van der Waals surface area contributed by atoms with Crippen LogP contribution in [-0.4, -0.2) is 35.2 Å². The highest BCUT2D eigenvalue weighted by atomic mass is 16.6. The van der Waals surface area contributed by atoms with Crippen molar-refractivity contribution in [3.05, 3.63) is 29.8 Å². The van der Waals surface area contributed by atoms with Crippen LogP contribution in [0.1, 0.15) is 69.7 Å². The lowest BCUT2D eigenvalue weighted by atomic mass is 10.1. The van der Waals surface area contributed by atoms with Gasteiger partial charge in [0.15, 0.2) is 0 Å². The molecular weight excluding hydrogens is 348 g/mol. The average Bonchev–Trinajstić information content (AvgIpc) is 2.55. The molecule has 7 heteroatoms. The van der Waals surface area contributed by atoms with Gasteiger partial charge in [-0.05, 0) is 51.8 Å². The second-order valence-corrected chi connectivity index (χ2v) is 7.38.